The van der Waals surface area contributed by atoms with Crippen molar-refractivity contribution in [1.29, 1.82) is 0 Å². The lowest BCUT2D eigenvalue weighted by Gasteiger charge is -2.39. The second-order valence-electron chi connectivity index (χ2n) is 7.57. The summed E-state index contributed by atoms with van der Waals surface area (Å²) in [4.78, 5) is 0. The predicted octanol–water partition coefficient (Wildman–Crippen LogP) is 6.43. The fourth-order valence-corrected chi connectivity index (χ4v) is 4.47. The summed E-state index contributed by atoms with van der Waals surface area (Å²) in [7, 11) is -1.65. The second-order valence-corrected chi connectivity index (χ2v) is 10.4. The first-order chi connectivity index (χ1) is 11.9. The Hall–Kier alpha value is -0.550. The van der Waals surface area contributed by atoms with Crippen molar-refractivity contribution in [3.05, 3.63) is 22.2 Å². The molecular formula is C19H32BrO5P. The van der Waals surface area contributed by atoms with Crippen LogP contribution < -0.4 is 9.47 Å². The van der Waals surface area contributed by atoms with Gasteiger partial charge in [0, 0.05) is 11.5 Å². The van der Waals surface area contributed by atoms with Gasteiger partial charge in [-0.2, -0.15) is 0 Å². The first-order valence-electron chi connectivity index (χ1n) is 8.82. The standard InChI is InChI=1S/C19H32BrO5P/c1-9-23-26(21,24-10-2)13-14-11-15(22-8)12-16(17(14)20)25-19(6,7)18(3,4)5/h11-12H,9-10,13H2,1-8H3. The number of hydrogen-bond donors (Lipinski definition) is 0. The average molecular weight is 451 g/mol. The molecule has 5 nitrogen and oxygen atoms in total. The number of methoxy groups -OCH3 is 1. The molecule has 0 amide bonds. The molecule has 26 heavy (non-hydrogen) atoms. The van der Waals surface area contributed by atoms with Gasteiger partial charge in [-0.1, -0.05) is 20.8 Å². The first-order valence-corrected chi connectivity index (χ1v) is 11.3. The lowest BCUT2D eigenvalue weighted by Crippen LogP contribution is -2.42. The Kier molecular flexibility index (Phi) is 8.22. The minimum absolute atomic E-state index is 0.0817. The smallest absolute Gasteiger partial charge is 0.335 e. The van der Waals surface area contributed by atoms with E-state index in [1.165, 1.54) is 0 Å². The van der Waals surface area contributed by atoms with Gasteiger partial charge in [0.05, 0.1) is 31.0 Å². The van der Waals surface area contributed by atoms with Gasteiger partial charge in [0.2, 0.25) is 0 Å². The van der Waals surface area contributed by atoms with Crippen LogP contribution in [-0.2, 0) is 19.8 Å². The summed E-state index contributed by atoms with van der Waals surface area (Å²) < 4.78 is 36.3. The molecule has 0 aromatic heterocycles. The molecule has 7 heteroatoms. The fraction of sp³-hybridized carbons (Fsp3) is 0.684. The number of halogens is 1. The maximum atomic E-state index is 12.9. The first kappa shape index (κ1) is 23.5. The Morgan fingerprint density at radius 3 is 2.00 bits per heavy atom. The van der Waals surface area contributed by atoms with Crippen molar-refractivity contribution in [2.45, 2.75) is 60.2 Å². The molecule has 0 fully saturated rings. The van der Waals surface area contributed by atoms with Crippen molar-refractivity contribution in [2.24, 2.45) is 5.41 Å². The summed E-state index contributed by atoms with van der Waals surface area (Å²) in [6.45, 7) is 14.7. The molecule has 0 aliphatic rings. The Morgan fingerprint density at radius 1 is 1.04 bits per heavy atom. The molecule has 0 heterocycles. The van der Waals surface area contributed by atoms with Crippen LogP contribution in [0.4, 0.5) is 0 Å². The highest BCUT2D eigenvalue weighted by Crippen LogP contribution is 2.53. The van der Waals surface area contributed by atoms with Crippen LogP contribution in [-0.4, -0.2) is 25.9 Å². The lowest BCUT2D eigenvalue weighted by atomic mass is 9.79. The Labute approximate surface area is 166 Å². The molecule has 0 atom stereocenters. The molecule has 1 rings (SSSR count). The quantitative estimate of drug-likeness (QED) is 0.405. The molecular weight excluding hydrogens is 419 g/mol. The normalized spacial score (nSPS) is 13.0. The number of benzene rings is 1. The Morgan fingerprint density at radius 2 is 1.58 bits per heavy atom. The van der Waals surface area contributed by atoms with Gasteiger partial charge in [-0.3, -0.25) is 4.57 Å². The minimum atomic E-state index is -3.24. The van der Waals surface area contributed by atoms with Gasteiger partial charge in [-0.05, 0) is 55.3 Å². The van der Waals surface area contributed by atoms with Crippen molar-refractivity contribution in [3.8, 4) is 11.5 Å². The van der Waals surface area contributed by atoms with Crippen LogP contribution in [0.25, 0.3) is 0 Å². The third-order valence-corrected chi connectivity index (χ3v) is 7.44. The highest BCUT2D eigenvalue weighted by atomic mass is 79.9. The van der Waals surface area contributed by atoms with Crippen LogP contribution in [0.2, 0.25) is 0 Å². The molecule has 0 saturated heterocycles. The summed E-state index contributed by atoms with van der Waals surface area (Å²) in [6, 6.07) is 3.65. The average Bonchev–Trinajstić information content (AvgIpc) is 2.50. The summed E-state index contributed by atoms with van der Waals surface area (Å²) in [5.74, 6) is 1.27. The van der Waals surface area contributed by atoms with E-state index in [4.69, 9.17) is 18.5 Å². The monoisotopic (exact) mass is 450 g/mol. The predicted molar refractivity (Wildman–Crippen MR) is 109 cm³/mol. The van der Waals surface area contributed by atoms with E-state index < -0.39 is 13.2 Å². The molecule has 1 aromatic rings. The third-order valence-electron chi connectivity index (χ3n) is 4.51. The highest BCUT2D eigenvalue weighted by molar-refractivity contribution is 9.10. The van der Waals surface area contributed by atoms with Crippen molar-refractivity contribution in [3.63, 3.8) is 0 Å². The van der Waals surface area contributed by atoms with Gasteiger partial charge in [-0.15, -0.1) is 0 Å². The van der Waals surface area contributed by atoms with Crippen LogP contribution in [0.15, 0.2) is 16.6 Å². The molecule has 0 bridgehead atoms. The van der Waals surface area contributed by atoms with Gasteiger partial charge in [-0.25, -0.2) is 0 Å². The van der Waals surface area contributed by atoms with Gasteiger partial charge >= 0.3 is 7.60 Å². The largest absolute Gasteiger partial charge is 0.497 e. The second kappa shape index (κ2) is 9.09. The third kappa shape index (κ3) is 5.98. The topological polar surface area (TPSA) is 54.0 Å². The molecule has 0 spiro atoms. The fourth-order valence-electron chi connectivity index (χ4n) is 2.09. The summed E-state index contributed by atoms with van der Waals surface area (Å²) >= 11 is 3.61. The van der Waals surface area contributed by atoms with Crippen LogP contribution in [0, 0.1) is 5.41 Å². The highest BCUT2D eigenvalue weighted by Gasteiger charge is 2.36. The van der Waals surface area contributed by atoms with Gasteiger partial charge < -0.3 is 18.5 Å². The molecule has 150 valence electrons. The van der Waals surface area contributed by atoms with Crippen molar-refractivity contribution >= 4 is 23.5 Å². The molecule has 0 unspecified atom stereocenters. The number of rotatable bonds is 9. The van der Waals surface area contributed by atoms with Crippen LogP contribution in [0.1, 0.15) is 54.0 Å². The van der Waals surface area contributed by atoms with E-state index in [0.717, 1.165) is 10.0 Å². The van der Waals surface area contributed by atoms with E-state index in [1.54, 1.807) is 21.0 Å². The maximum absolute atomic E-state index is 12.9. The molecule has 1 aromatic carbocycles. The van der Waals surface area contributed by atoms with E-state index in [0.29, 0.717) is 24.7 Å². The van der Waals surface area contributed by atoms with Crippen LogP contribution in [0.5, 0.6) is 11.5 Å². The zero-order valence-electron chi connectivity index (χ0n) is 17.1. The van der Waals surface area contributed by atoms with E-state index in [1.807, 2.05) is 26.0 Å². The minimum Gasteiger partial charge on any atom is -0.497 e. The van der Waals surface area contributed by atoms with Crippen molar-refractivity contribution < 1.29 is 23.1 Å². The summed E-state index contributed by atoms with van der Waals surface area (Å²) in [6.07, 6.45) is 0.138. The van der Waals surface area contributed by atoms with Crippen molar-refractivity contribution in [2.75, 3.05) is 20.3 Å². The van der Waals surface area contributed by atoms with Gasteiger partial charge in [0.25, 0.3) is 0 Å². The Bertz CT molecular complexity index is 642. The van der Waals surface area contributed by atoms with Crippen molar-refractivity contribution in [1.82, 2.24) is 0 Å². The SMILES string of the molecule is CCOP(=O)(Cc1cc(OC)cc(OC(C)(C)C(C)(C)C)c1Br)OCC. The van der Waals surface area contributed by atoms with Crippen LogP contribution in [0.3, 0.4) is 0 Å². The van der Waals surface area contributed by atoms with E-state index in [9.17, 15) is 4.57 Å². The number of hydrogen-bond acceptors (Lipinski definition) is 5. The van der Waals surface area contributed by atoms with E-state index in [-0.39, 0.29) is 11.6 Å². The number of ether oxygens (including phenoxy) is 2. The summed E-state index contributed by atoms with van der Waals surface area (Å²) in [5.41, 5.74) is 0.249. The molecule has 0 radical (unpaired) electrons. The summed E-state index contributed by atoms with van der Waals surface area (Å²) in [5, 5.41) is 0. The molecule has 0 saturated carbocycles. The lowest BCUT2D eigenvalue weighted by molar-refractivity contribution is -0.00000886. The van der Waals surface area contributed by atoms with E-state index >= 15 is 0 Å². The molecule has 0 aliphatic carbocycles. The van der Waals surface area contributed by atoms with Gasteiger partial charge in [0.15, 0.2) is 0 Å². The molecule has 0 N–H and O–H groups in total. The molecule has 0 aliphatic heterocycles. The van der Waals surface area contributed by atoms with E-state index in [2.05, 4.69) is 36.7 Å². The zero-order valence-corrected chi connectivity index (χ0v) is 19.6. The maximum Gasteiger partial charge on any atom is 0.335 e. The van der Waals surface area contributed by atoms with Crippen LogP contribution >= 0.6 is 23.5 Å². The zero-order chi connectivity index (χ0) is 20.2. The Balaban J connectivity index is 3.32. The van der Waals surface area contributed by atoms with Gasteiger partial charge in [0.1, 0.15) is 17.1 Å².